The van der Waals surface area contributed by atoms with Crippen LogP contribution in [-0.2, 0) is 4.74 Å². The third-order valence-electron chi connectivity index (χ3n) is 3.32. The first kappa shape index (κ1) is 18.1. The summed E-state index contributed by atoms with van der Waals surface area (Å²) in [6.45, 7) is 2.01. The van der Waals surface area contributed by atoms with Gasteiger partial charge in [-0.05, 0) is 43.3 Å². The van der Waals surface area contributed by atoms with Crippen LogP contribution in [0.5, 0.6) is 11.5 Å². The molecule has 0 bridgehead atoms. The number of nitrogens with one attached hydrogen (secondary N) is 2. The second-order valence-electron chi connectivity index (χ2n) is 4.94. The van der Waals surface area contributed by atoms with Crippen LogP contribution in [-0.4, -0.2) is 32.8 Å². The molecule has 132 valence electrons. The number of carbonyl (C=O) groups is 2. The maximum atomic E-state index is 12.4. The van der Waals surface area contributed by atoms with Gasteiger partial charge in [0.1, 0.15) is 11.5 Å². The average molecular weight is 344 g/mol. The van der Waals surface area contributed by atoms with E-state index in [1.165, 1.54) is 7.11 Å². The molecule has 0 unspecified atom stereocenters. The Morgan fingerprint density at radius 1 is 0.960 bits per heavy atom. The Hall–Kier alpha value is -3.22. The van der Waals surface area contributed by atoms with Crippen molar-refractivity contribution in [3.05, 3.63) is 48.0 Å². The Morgan fingerprint density at radius 3 is 2.28 bits per heavy atom. The summed E-state index contributed by atoms with van der Waals surface area (Å²) >= 11 is 0. The van der Waals surface area contributed by atoms with Gasteiger partial charge in [0.25, 0.3) is 5.91 Å². The molecular weight excluding hydrogens is 324 g/mol. The number of benzene rings is 2. The molecule has 0 atom stereocenters. The molecule has 0 aliphatic heterocycles. The second kappa shape index (κ2) is 8.58. The summed E-state index contributed by atoms with van der Waals surface area (Å²) in [4.78, 5) is 23.8. The standard InChI is InChI=1S/C18H20N2O5/c1-4-25-18(22)19-13-7-5-12(6-8-13)17(21)20-15-11-14(23-2)9-10-16(15)24-3/h5-11H,4H2,1-3H3,(H,19,22)(H,20,21). The predicted octanol–water partition coefficient (Wildman–Crippen LogP) is 3.52. The number of carbonyl (C=O) groups excluding carboxylic acids is 2. The van der Waals surface area contributed by atoms with Crippen LogP contribution in [0.4, 0.5) is 16.2 Å². The van der Waals surface area contributed by atoms with E-state index in [1.807, 2.05) is 0 Å². The Labute approximate surface area is 145 Å². The van der Waals surface area contributed by atoms with E-state index in [0.717, 1.165) is 0 Å². The third-order valence-corrected chi connectivity index (χ3v) is 3.32. The van der Waals surface area contributed by atoms with Crippen molar-refractivity contribution in [1.82, 2.24) is 0 Å². The van der Waals surface area contributed by atoms with E-state index in [2.05, 4.69) is 10.6 Å². The number of hydrogen-bond acceptors (Lipinski definition) is 5. The van der Waals surface area contributed by atoms with E-state index in [1.54, 1.807) is 56.5 Å². The van der Waals surface area contributed by atoms with Crippen LogP contribution in [0, 0.1) is 0 Å². The lowest BCUT2D eigenvalue weighted by Gasteiger charge is -2.12. The first-order valence-electron chi connectivity index (χ1n) is 7.64. The monoisotopic (exact) mass is 344 g/mol. The molecular formula is C18H20N2O5. The van der Waals surface area contributed by atoms with Crippen molar-refractivity contribution in [1.29, 1.82) is 0 Å². The molecule has 0 aliphatic carbocycles. The van der Waals surface area contributed by atoms with Gasteiger partial charge in [0.2, 0.25) is 0 Å². The zero-order valence-electron chi connectivity index (χ0n) is 14.3. The molecule has 7 heteroatoms. The number of anilines is 2. The Bertz CT molecular complexity index is 744. The van der Waals surface area contributed by atoms with E-state index in [-0.39, 0.29) is 12.5 Å². The van der Waals surface area contributed by atoms with Gasteiger partial charge in [-0.1, -0.05) is 0 Å². The highest BCUT2D eigenvalue weighted by Gasteiger charge is 2.11. The van der Waals surface area contributed by atoms with Crippen molar-refractivity contribution < 1.29 is 23.8 Å². The van der Waals surface area contributed by atoms with Crippen LogP contribution in [0.3, 0.4) is 0 Å². The number of methoxy groups -OCH3 is 2. The fraction of sp³-hybridized carbons (Fsp3) is 0.222. The molecule has 2 aromatic carbocycles. The quantitative estimate of drug-likeness (QED) is 0.837. The van der Waals surface area contributed by atoms with Gasteiger partial charge in [0.15, 0.2) is 0 Å². The third kappa shape index (κ3) is 4.87. The fourth-order valence-corrected chi connectivity index (χ4v) is 2.10. The molecule has 0 aromatic heterocycles. The van der Waals surface area contributed by atoms with E-state index < -0.39 is 6.09 Å². The van der Waals surface area contributed by atoms with Gasteiger partial charge in [0.05, 0.1) is 26.5 Å². The Balaban J connectivity index is 2.09. The minimum absolute atomic E-state index is 0.286. The van der Waals surface area contributed by atoms with Gasteiger partial charge in [-0.3, -0.25) is 10.1 Å². The SMILES string of the molecule is CCOC(=O)Nc1ccc(C(=O)Nc2cc(OC)ccc2OC)cc1. The highest BCUT2D eigenvalue weighted by molar-refractivity contribution is 6.05. The minimum Gasteiger partial charge on any atom is -0.497 e. The van der Waals surface area contributed by atoms with Crippen molar-refractivity contribution in [2.45, 2.75) is 6.92 Å². The van der Waals surface area contributed by atoms with E-state index in [0.29, 0.717) is 28.4 Å². The zero-order chi connectivity index (χ0) is 18.2. The van der Waals surface area contributed by atoms with Crippen LogP contribution in [0.1, 0.15) is 17.3 Å². The van der Waals surface area contributed by atoms with Gasteiger partial charge in [0, 0.05) is 17.3 Å². The molecule has 0 spiro atoms. The van der Waals surface area contributed by atoms with Gasteiger partial charge < -0.3 is 19.5 Å². The maximum absolute atomic E-state index is 12.4. The first-order chi connectivity index (χ1) is 12.1. The second-order valence-corrected chi connectivity index (χ2v) is 4.94. The Kier molecular flexibility index (Phi) is 6.22. The molecule has 0 heterocycles. The van der Waals surface area contributed by atoms with Crippen molar-refractivity contribution in [3.63, 3.8) is 0 Å². The van der Waals surface area contributed by atoms with Crippen molar-refractivity contribution in [2.75, 3.05) is 31.5 Å². The normalized spacial score (nSPS) is 9.88. The summed E-state index contributed by atoms with van der Waals surface area (Å²) in [5, 5.41) is 5.34. The van der Waals surface area contributed by atoms with Crippen molar-refractivity contribution in [2.24, 2.45) is 0 Å². The molecule has 0 fully saturated rings. The molecule has 2 amide bonds. The topological polar surface area (TPSA) is 85.9 Å². The van der Waals surface area contributed by atoms with E-state index >= 15 is 0 Å². The number of hydrogen-bond donors (Lipinski definition) is 2. The van der Waals surface area contributed by atoms with Crippen molar-refractivity contribution in [3.8, 4) is 11.5 Å². The molecule has 7 nitrogen and oxygen atoms in total. The summed E-state index contributed by atoms with van der Waals surface area (Å²) in [5.41, 5.74) is 1.47. The molecule has 0 aliphatic rings. The molecule has 0 saturated carbocycles. The van der Waals surface area contributed by atoms with Crippen LogP contribution >= 0.6 is 0 Å². The zero-order valence-corrected chi connectivity index (χ0v) is 14.3. The van der Waals surface area contributed by atoms with Crippen LogP contribution < -0.4 is 20.1 Å². The van der Waals surface area contributed by atoms with Gasteiger partial charge in [-0.25, -0.2) is 4.79 Å². The van der Waals surface area contributed by atoms with Crippen LogP contribution in [0.15, 0.2) is 42.5 Å². The molecule has 0 radical (unpaired) electrons. The first-order valence-corrected chi connectivity index (χ1v) is 7.64. The molecule has 0 saturated heterocycles. The Morgan fingerprint density at radius 2 is 1.68 bits per heavy atom. The largest absolute Gasteiger partial charge is 0.497 e. The molecule has 2 N–H and O–H groups in total. The summed E-state index contributed by atoms with van der Waals surface area (Å²) in [6, 6.07) is 11.6. The lowest BCUT2D eigenvalue weighted by molar-refractivity contribution is 0.102. The molecule has 2 rings (SSSR count). The summed E-state index contributed by atoms with van der Waals surface area (Å²) in [6.07, 6.45) is -0.541. The van der Waals surface area contributed by atoms with Crippen LogP contribution in [0.2, 0.25) is 0 Å². The fourth-order valence-electron chi connectivity index (χ4n) is 2.10. The summed E-state index contributed by atoms with van der Waals surface area (Å²) in [5.74, 6) is 0.814. The number of rotatable bonds is 6. The highest BCUT2D eigenvalue weighted by atomic mass is 16.5. The minimum atomic E-state index is -0.541. The van der Waals surface area contributed by atoms with E-state index in [4.69, 9.17) is 14.2 Å². The van der Waals surface area contributed by atoms with Gasteiger partial charge in [-0.15, -0.1) is 0 Å². The lowest BCUT2D eigenvalue weighted by Crippen LogP contribution is -2.14. The smallest absolute Gasteiger partial charge is 0.411 e. The van der Waals surface area contributed by atoms with Gasteiger partial charge in [-0.2, -0.15) is 0 Å². The van der Waals surface area contributed by atoms with Crippen molar-refractivity contribution >= 4 is 23.4 Å². The predicted molar refractivity (Wildman–Crippen MR) is 94.6 cm³/mol. The van der Waals surface area contributed by atoms with Gasteiger partial charge >= 0.3 is 6.09 Å². The van der Waals surface area contributed by atoms with E-state index in [9.17, 15) is 9.59 Å². The maximum Gasteiger partial charge on any atom is 0.411 e. The number of amides is 2. The molecule has 2 aromatic rings. The van der Waals surface area contributed by atoms with Crippen LogP contribution in [0.25, 0.3) is 0 Å². The summed E-state index contributed by atoms with van der Waals surface area (Å²) in [7, 11) is 3.07. The number of ether oxygens (including phenoxy) is 3. The average Bonchev–Trinajstić information content (AvgIpc) is 2.62. The molecule has 25 heavy (non-hydrogen) atoms. The highest BCUT2D eigenvalue weighted by Crippen LogP contribution is 2.29. The lowest BCUT2D eigenvalue weighted by atomic mass is 10.2. The summed E-state index contributed by atoms with van der Waals surface area (Å²) < 4.78 is 15.2.